The Bertz CT molecular complexity index is 670. The molecule has 1 aliphatic heterocycles. The third kappa shape index (κ3) is 4.24. The van der Waals surface area contributed by atoms with Gasteiger partial charge in [0.2, 0.25) is 15.9 Å². The molecule has 1 saturated heterocycles. The molecule has 0 aromatic heterocycles. The second kappa shape index (κ2) is 7.48. The van der Waals surface area contributed by atoms with E-state index in [2.05, 4.69) is 4.90 Å². The molecule has 0 spiro atoms. The zero-order chi connectivity index (χ0) is 17.9. The van der Waals surface area contributed by atoms with Crippen LogP contribution in [0.1, 0.15) is 13.3 Å². The molecule has 1 amide bonds. The maximum Gasteiger partial charge on any atom is 0.246 e. The molecule has 1 aliphatic rings. The largest absolute Gasteiger partial charge is 0.338 e. The van der Waals surface area contributed by atoms with E-state index < -0.39 is 21.9 Å². The Morgan fingerprint density at radius 1 is 1.21 bits per heavy atom. The molecular formula is C16H24FN3O3S. The Balaban J connectivity index is 2.32. The van der Waals surface area contributed by atoms with Gasteiger partial charge in [-0.05, 0) is 37.7 Å². The quantitative estimate of drug-likeness (QED) is 0.793. The summed E-state index contributed by atoms with van der Waals surface area (Å²) in [6.07, 6.45) is 1.41. The van der Waals surface area contributed by atoms with Gasteiger partial charge < -0.3 is 9.80 Å². The van der Waals surface area contributed by atoms with Crippen molar-refractivity contribution in [1.82, 2.24) is 9.80 Å². The Morgan fingerprint density at radius 2 is 1.75 bits per heavy atom. The number of rotatable bonds is 5. The zero-order valence-corrected chi connectivity index (χ0v) is 15.1. The average Bonchev–Trinajstić information content (AvgIpc) is 2.52. The van der Waals surface area contributed by atoms with Crippen LogP contribution in [0.25, 0.3) is 0 Å². The van der Waals surface area contributed by atoms with Gasteiger partial charge >= 0.3 is 0 Å². The maximum atomic E-state index is 13.2. The number of piperazine rings is 1. The fourth-order valence-corrected chi connectivity index (χ4v) is 4.08. The molecule has 0 unspecified atom stereocenters. The fourth-order valence-electron chi connectivity index (χ4n) is 2.87. The molecule has 134 valence electrons. The molecule has 1 aromatic rings. The van der Waals surface area contributed by atoms with Crippen LogP contribution in [-0.4, -0.2) is 69.6 Å². The average molecular weight is 357 g/mol. The number of halogens is 1. The lowest BCUT2D eigenvalue weighted by Gasteiger charge is -2.37. The number of hydrogen-bond donors (Lipinski definition) is 0. The van der Waals surface area contributed by atoms with Gasteiger partial charge in [-0.1, -0.05) is 6.92 Å². The number of likely N-dealkylation sites (N-methyl/N-ethyl adjacent to an activating group) is 1. The molecule has 8 heteroatoms. The zero-order valence-electron chi connectivity index (χ0n) is 14.3. The normalized spacial score (nSPS) is 17.6. The molecule has 0 radical (unpaired) electrons. The lowest BCUT2D eigenvalue weighted by atomic mass is 10.1. The third-order valence-electron chi connectivity index (χ3n) is 4.21. The van der Waals surface area contributed by atoms with Gasteiger partial charge in [0.15, 0.2) is 0 Å². The highest BCUT2D eigenvalue weighted by Gasteiger charge is 2.34. The van der Waals surface area contributed by atoms with Crippen molar-refractivity contribution in [2.75, 3.05) is 43.8 Å². The van der Waals surface area contributed by atoms with Gasteiger partial charge in [0.25, 0.3) is 0 Å². The van der Waals surface area contributed by atoms with Crippen LogP contribution in [0.3, 0.4) is 0 Å². The molecule has 24 heavy (non-hydrogen) atoms. The molecule has 1 heterocycles. The summed E-state index contributed by atoms with van der Waals surface area (Å²) in [5, 5.41) is 0. The first-order valence-electron chi connectivity index (χ1n) is 7.96. The number of carbonyl (C=O) groups excluding carboxylic acids is 1. The summed E-state index contributed by atoms with van der Waals surface area (Å²) in [5.74, 6) is -0.661. The summed E-state index contributed by atoms with van der Waals surface area (Å²) < 4.78 is 38.9. The van der Waals surface area contributed by atoms with Crippen molar-refractivity contribution in [2.45, 2.75) is 19.4 Å². The molecule has 0 bridgehead atoms. The lowest BCUT2D eigenvalue weighted by molar-refractivity contribution is -0.134. The van der Waals surface area contributed by atoms with Crippen molar-refractivity contribution in [3.8, 4) is 0 Å². The van der Waals surface area contributed by atoms with Crippen molar-refractivity contribution >= 4 is 21.6 Å². The van der Waals surface area contributed by atoms with Crippen LogP contribution in [0.4, 0.5) is 10.1 Å². The maximum absolute atomic E-state index is 13.2. The van der Waals surface area contributed by atoms with Crippen LogP contribution < -0.4 is 4.31 Å². The lowest BCUT2D eigenvalue weighted by Crippen LogP contribution is -2.55. The van der Waals surface area contributed by atoms with Crippen molar-refractivity contribution in [3.63, 3.8) is 0 Å². The number of sulfonamides is 1. The molecular weight excluding hydrogens is 333 g/mol. The predicted octanol–water partition coefficient (Wildman–Crippen LogP) is 1.14. The van der Waals surface area contributed by atoms with Crippen LogP contribution in [0.5, 0.6) is 0 Å². The number of carbonyl (C=O) groups is 1. The first kappa shape index (κ1) is 18.7. The van der Waals surface area contributed by atoms with E-state index in [4.69, 9.17) is 0 Å². The number of anilines is 1. The van der Waals surface area contributed by atoms with Gasteiger partial charge in [-0.2, -0.15) is 0 Å². The Kier molecular flexibility index (Phi) is 5.82. The number of benzene rings is 1. The van der Waals surface area contributed by atoms with Crippen LogP contribution >= 0.6 is 0 Å². The smallest absolute Gasteiger partial charge is 0.246 e. The van der Waals surface area contributed by atoms with E-state index in [0.717, 1.165) is 23.7 Å². The van der Waals surface area contributed by atoms with E-state index in [1.54, 1.807) is 11.8 Å². The molecule has 0 saturated carbocycles. The van der Waals surface area contributed by atoms with E-state index in [1.165, 1.54) is 24.3 Å². The van der Waals surface area contributed by atoms with Crippen molar-refractivity contribution in [2.24, 2.45) is 0 Å². The van der Waals surface area contributed by atoms with E-state index in [1.807, 2.05) is 7.05 Å². The van der Waals surface area contributed by atoms with Crippen molar-refractivity contribution < 1.29 is 17.6 Å². The molecule has 6 nitrogen and oxygen atoms in total. The molecule has 1 atom stereocenters. The van der Waals surface area contributed by atoms with Gasteiger partial charge in [-0.3, -0.25) is 9.10 Å². The van der Waals surface area contributed by atoms with Gasteiger partial charge in [0, 0.05) is 26.2 Å². The summed E-state index contributed by atoms with van der Waals surface area (Å²) in [4.78, 5) is 16.7. The Morgan fingerprint density at radius 3 is 2.21 bits per heavy atom. The van der Waals surface area contributed by atoms with Gasteiger partial charge in [-0.15, -0.1) is 0 Å². The second-order valence-electron chi connectivity index (χ2n) is 6.09. The summed E-state index contributed by atoms with van der Waals surface area (Å²) >= 11 is 0. The monoisotopic (exact) mass is 357 g/mol. The molecule has 1 fully saturated rings. The molecule has 1 aromatic carbocycles. The molecule has 0 aliphatic carbocycles. The first-order chi connectivity index (χ1) is 11.2. The summed E-state index contributed by atoms with van der Waals surface area (Å²) in [5.41, 5.74) is 0.299. The SMILES string of the molecule is CC[C@@H](C(=O)N1CCN(C)CC1)N(c1ccc(F)cc1)S(C)(=O)=O. The fraction of sp³-hybridized carbons (Fsp3) is 0.562. The molecule has 2 rings (SSSR count). The first-order valence-corrected chi connectivity index (χ1v) is 9.81. The van der Waals surface area contributed by atoms with Crippen LogP contribution in [0.15, 0.2) is 24.3 Å². The highest BCUT2D eigenvalue weighted by Crippen LogP contribution is 2.24. The third-order valence-corrected chi connectivity index (χ3v) is 5.39. The second-order valence-corrected chi connectivity index (χ2v) is 7.95. The van der Waals surface area contributed by atoms with Crippen molar-refractivity contribution in [1.29, 1.82) is 0 Å². The highest BCUT2D eigenvalue weighted by molar-refractivity contribution is 7.92. The van der Waals surface area contributed by atoms with Crippen LogP contribution in [0, 0.1) is 5.82 Å². The molecule has 0 N–H and O–H groups in total. The van der Waals surface area contributed by atoms with Crippen LogP contribution in [0.2, 0.25) is 0 Å². The minimum atomic E-state index is -3.68. The number of amides is 1. The minimum absolute atomic E-state index is 0.208. The Hall–Kier alpha value is -1.67. The standard InChI is InChI=1S/C16H24FN3O3S/c1-4-15(16(21)19-11-9-18(2)10-12-19)20(24(3,22)23)14-7-5-13(17)6-8-14/h5-8,15H,4,9-12H2,1-3H3/t15-/m0/s1. The van der Waals surface area contributed by atoms with Crippen molar-refractivity contribution in [3.05, 3.63) is 30.1 Å². The topological polar surface area (TPSA) is 60.9 Å². The van der Waals surface area contributed by atoms with E-state index in [0.29, 0.717) is 25.2 Å². The minimum Gasteiger partial charge on any atom is -0.338 e. The highest BCUT2D eigenvalue weighted by atomic mass is 32.2. The summed E-state index contributed by atoms with van der Waals surface area (Å²) in [7, 11) is -1.70. The van der Waals surface area contributed by atoms with Gasteiger partial charge in [0.05, 0.1) is 11.9 Å². The van der Waals surface area contributed by atoms with Crippen LogP contribution in [-0.2, 0) is 14.8 Å². The van der Waals surface area contributed by atoms with E-state index >= 15 is 0 Å². The summed E-state index contributed by atoms with van der Waals surface area (Å²) in [6.45, 7) is 4.45. The predicted molar refractivity (Wildman–Crippen MR) is 91.9 cm³/mol. The van der Waals surface area contributed by atoms with E-state index in [-0.39, 0.29) is 5.91 Å². The van der Waals surface area contributed by atoms with E-state index in [9.17, 15) is 17.6 Å². The van der Waals surface area contributed by atoms with Gasteiger partial charge in [0.1, 0.15) is 11.9 Å². The number of nitrogens with zero attached hydrogens (tertiary/aromatic N) is 3. The Labute approximate surface area is 142 Å². The summed E-state index contributed by atoms with van der Waals surface area (Å²) in [6, 6.07) is 4.34. The van der Waals surface area contributed by atoms with Gasteiger partial charge in [-0.25, -0.2) is 12.8 Å². The number of hydrogen-bond acceptors (Lipinski definition) is 4.